The lowest BCUT2D eigenvalue weighted by Gasteiger charge is -2.21. The van der Waals surface area contributed by atoms with Gasteiger partial charge in [-0.2, -0.15) is 0 Å². The number of benzene rings is 1. The van der Waals surface area contributed by atoms with E-state index in [1.807, 2.05) is 0 Å². The van der Waals surface area contributed by atoms with E-state index in [-0.39, 0.29) is 12.0 Å². The lowest BCUT2D eigenvalue weighted by molar-refractivity contribution is 0.157. The van der Waals surface area contributed by atoms with Crippen LogP contribution in [0.1, 0.15) is 51.2 Å². The second-order valence-electron chi connectivity index (χ2n) is 6.30. The molecule has 1 aromatic rings. The molecule has 0 aromatic heterocycles. The Labute approximate surface area is 118 Å². The molecule has 0 aliphatic rings. The molecule has 0 heterocycles. The van der Waals surface area contributed by atoms with Crippen LogP contribution < -0.4 is 5.32 Å². The minimum atomic E-state index is -0.0274. The van der Waals surface area contributed by atoms with Gasteiger partial charge in [0.2, 0.25) is 0 Å². The summed E-state index contributed by atoms with van der Waals surface area (Å²) in [6.07, 6.45) is 2.24. The van der Waals surface area contributed by atoms with Crippen LogP contribution in [0.5, 0.6) is 0 Å². The molecule has 1 rings (SSSR count). The Morgan fingerprint density at radius 3 is 2.37 bits per heavy atom. The van der Waals surface area contributed by atoms with Gasteiger partial charge in [-0.1, -0.05) is 52.0 Å². The van der Waals surface area contributed by atoms with Gasteiger partial charge in [-0.3, -0.25) is 0 Å². The van der Waals surface area contributed by atoms with Crippen LogP contribution in [0.3, 0.4) is 0 Å². The molecule has 1 atom stereocenters. The van der Waals surface area contributed by atoms with Gasteiger partial charge in [0, 0.05) is 18.6 Å². The molecule has 2 heteroatoms. The maximum Gasteiger partial charge on any atom is 0.0494 e. The Hall–Kier alpha value is -0.860. The quantitative estimate of drug-likeness (QED) is 0.705. The molecule has 1 unspecified atom stereocenters. The monoisotopic (exact) mass is 263 g/mol. The van der Waals surface area contributed by atoms with Gasteiger partial charge in [-0.25, -0.2) is 0 Å². The SMILES string of the molecule is CCC(C)c1ccc(CCNCC(C)(C)CO)cc1. The Bertz CT molecular complexity index is 356. The molecule has 0 fully saturated rings. The van der Waals surface area contributed by atoms with Crippen molar-refractivity contribution in [1.29, 1.82) is 0 Å². The van der Waals surface area contributed by atoms with Crippen LogP contribution in [-0.4, -0.2) is 24.8 Å². The fourth-order valence-electron chi connectivity index (χ4n) is 1.96. The van der Waals surface area contributed by atoms with Crippen molar-refractivity contribution in [2.24, 2.45) is 5.41 Å². The van der Waals surface area contributed by atoms with Gasteiger partial charge < -0.3 is 10.4 Å². The molecule has 0 radical (unpaired) electrons. The summed E-state index contributed by atoms with van der Waals surface area (Å²) in [5.41, 5.74) is 2.78. The number of nitrogens with one attached hydrogen (secondary N) is 1. The third-order valence-electron chi connectivity index (χ3n) is 3.78. The van der Waals surface area contributed by atoms with Crippen LogP contribution in [0.2, 0.25) is 0 Å². The lowest BCUT2D eigenvalue weighted by atomic mass is 9.95. The minimum absolute atomic E-state index is 0.0274. The van der Waals surface area contributed by atoms with E-state index in [4.69, 9.17) is 0 Å². The maximum absolute atomic E-state index is 9.18. The second kappa shape index (κ2) is 7.66. The van der Waals surface area contributed by atoms with Crippen molar-refractivity contribution in [1.82, 2.24) is 5.32 Å². The number of hydrogen-bond donors (Lipinski definition) is 2. The van der Waals surface area contributed by atoms with Gasteiger partial charge in [0.05, 0.1) is 0 Å². The highest BCUT2D eigenvalue weighted by Crippen LogP contribution is 2.18. The van der Waals surface area contributed by atoms with Gasteiger partial charge in [0.1, 0.15) is 0 Å². The molecule has 0 saturated carbocycles. The molecule has 0 saturated heterocycles. The summed E-state index contributed by atoms with van der Waals surface area (Å²) in [4.78, 5) is 0. The highest BCUT2D eigenvalue weighted by Gasteiger charge is 2.15. The molecule has 0 spiro atoms. The van der Waals surface area contributed by atoms with Crippen LogP contribution in [0.15, 0.2) is 24.3 Å². The zero-order valence-electron chi connectivity index (χ0n) is 12.9. The number of rotatable bonds is 8. The van der Waals surface area contributed by atoms with Crippen LogP contribution in [0.25, 0.3) is 0 Å². The summed E-state index contributed by atoms with van der Waals surface area (Å²) < 4.78 is 0. The first kappa shape index (κ1) is 16.2. The van der Waals surface area contributed by atoms with E-state index < -0.39 is 0 Å². The summed E-state index contributed by atoms with van der Waals surface area (Å²) >= 11 is 0. The van der Waals surface area contributed by atoms with E-state index in [1.54, 1.807) is 0 Å². The summed E-state index contributed by atoms with van der Waals surface area (Å²) in [5, 5.41) is 12.6. The molecule has 0 aliphatic carbocycles. The Balaban J connectivity index is 2.34. The van der Waals surface area contributed by atoms with E-state index >= 15 is 0 Å². The standard InChI is InChI=1S/C17H29NO/c1-5-14(2)16-8-6-15(7-9-16)10-11-18-12-17(3,4)13-19/h6-9,14,18-19H,5,10-13H2,1-4H3. The highest BCUT2D eigenvalue weighted by atomic mass is 16.3. The van der Waals surface area contributed by atoms with Crippen molar-refractivity contribution >= 4 is 0 Å². The smallest absolute Gasteiger partial charge is 0.0494 e. The summed E-state index contributed by atoms with van der Waals surface area (Å²) in [6.45, 7) is 10.7. The molecule has 0 amide bonds. The van der Waals surface area contributed by atoms with Crippen molar-refractivity contribution in [3.63, 3.8) is 0 Å². The first-order valence-electron chi connectivity index (χ1n) is 7.39. The number of aliphatic hydroxyl groups is 1. The predicted molar refractivity (Wildman–Crippen MR) is 82.6 cm³/mol. The first-order chi connectivity index (χ1) is 8.98. The third-order valence-corrected chi connectivity index (χ3v) is 3.78. The average molecular weight is 263 g/mol. The van der Waals surface area contributed by atoms with Gasteiger partial charge in [-0.05, 0) is 36.4 Å². The fraction of sp³-hybridized carbons (Fsp3) is 0.647. The number of aliphatic hydroxyl groups excluding tert-OH is 1. The molecular formula is C17H29NO. The molecule has 2 N–H and O–H groups in total. The van der Waals surface area contributed by atoms with Crippen LogP contribution in [-0.2, 0) is 6.42 Å². The molecule has 108 valence electrons. The van der Waals surface area contributed by atoms with Crippen molar-refractivity contribution in [2.45, 2.75) is 46.5 Å². The van der Waals surface area contributed by atoms with Gasteiger partial charge in [0.25, 0.3) is 0 Å². The summed E-state index contributed by atoms with van der Waals surface area (Å²) in [5.74, 6) is 0.650. The molecular weight excluding hydrogens is 234 g/mol. The van der Waals surface area contributed by atoms with Crippen molar-refractivity contribution in [3.05, 3.63) is 35.4 Å². The molecule has 19 heavy (non-hydrogen) atoms. The molecule has 0 aliphatic heterocycles. The van der Waals surface area contributed by atoms with Crippen LogP contribution in [0, 0.1) is 5.41 Å². The fourth-order valence-corrected chi connectivity index (χ4v) is 1.96. The summed E-state index contributed by atoms with van der Waals surface area (Å²) in [6, 6.07) is 8.98. The van der Waals surface area contributed by atoms with Crippen molar-refractivity contribution < 1.29 is 5.11 Å². The van der Waals surface area contributed by atoms with Crippen LogP contribution in [0.4, 0.5) is 0 Å². The summed E-state index contributed by atoms with van der Waals surface area (Å²) in [7, 11) is 0. The van der Waals surface area contributed by atoms with Crippen molar-refractivity contribution in [2.75, 3.05) is 19.7 Å². The Kier molecular flexibility index (Phi) is 6.53. The largest absolute Gasteiger partial charge is 0.396 e. The van der Waals surface area contributed by atoms with Crippen LogP contribution >= 0.6 is 0 Å². The molecule has 1 aromatic carbocycles. The lowest BCUT2D eigenvalue weighted by Crippen LogP contribution is -2.33. The normalized spacial score (nSPS) is 13.5. The zero-order chi connectivity index (χ0) is 14.3. The van der Waals surface area contributed by atoms with Crippen molar-refractivity contribution in [3.8, 4) is 0 Å². The third kappa shape index (κ3) is 5.75. The topological polar surface area (TPSA) is 32.3 Å². The predicted octanol–water partition coefficient (Wildman–Crippen LogP) is 3.35. The Morgan fingerprint density at radius 1 is 1.21 bits per heavy atom. The van der Waals surface area contributed by atoms with Gasteiger partial charge in [0.15, 0.2) is 0 Å². The highest BCUT2D eigenvalue weighted by molar-refractivity contribution is 5.25. The van der Waals surface area contributed by atoms with E-state index in [9.17, 15) is 5.11 Å². The Morgan fingerprint density at radius 2 is 1.84 bits per heavy atom. The number of hydrogen-bond acceptors (Lipinski definition) is 2. The first-order valence-corrected chi connectivity index (χ1v) is 7.39. The van der Waals surface area contributed by atoms with E-state index in [0.29, 0.717) is 5.92 Å². The van der Waals surface area contributed by atoms with Gasteiger partial charge in [-0.15, -0.1) is 0 Å². The van der Waals surface area contributed by atoms with E-state index in [2.05, 4.69) is 57.3 Å². The minimum Gasteiger partial charge on any atom is -0.396 e. The molecule has 0 bridgehead atoms. The zero-order valence-corrected chi connectivity index (χ0v) is 12.9. The van der Waals surface area contributed by atoms with Gasteiger partial charge >= 0.3 is 0 Å². The average Bonchev–Trinajstić information content (AvgIpc) is 2.43. The molecule has 2 nitrogen and oxygen atoms in total. The maximum atomic E-state index is 9.18. The van der Waals surface area contributed by atoms with E-state index in [1.165, 1.54) is 17.5 Å². The van der Waals surface area contributed by atoms with E-state index in [0.717, 1.165) is 19.5 Å². The second-order valence-corrected chi connectivity index (χ2v) is 6.30.